The first-order valence-corrected chi connectivity index (χ1v) is 9.09. The standard InChI is InChI=1S/C21H21N3O3/c1-3-27-16-6-5-14-8-9-24(12-15(14)10-16)21(26)18-11-22-20-17(19(18)25)7-4-13(2)23-20/h4-7,10-11H,3,8-9,12H2,1-2H3,(H,22,23,25). The van der Waals surface area contributed by atoms with Gasteiger partial charge in [0, 0.05) is 25.0 Å². The molecule has 0 bridgehead atoms. The van der Waals surface area contributed by atoms with E-state index in [9.17, 15) is 9.59 Å². The summed E-state index contributed by atoms with van der Waals surface area (Å²) in [7, 11) is 0. The van der Waals surface area contributed by atoms with Crippen molar-refractivity contribution in [3.63, 3.8) is 0 Å². The molecule has 6 nitrogen and oxygen atoms in total. The number of pyridine rings is 2. The van der Waals surface area contributed by atoms with Crippen molar-refractivity contribution in [3.8, 4) is 5.75 Å². The molecule has 1 amide bonds. The number of amides is 1. The van der Waals surface area contributed by atoms with Crippen LogP contribution < -0.4 is 10.2 Å². The number of ether oxygens (including phenoxy) is 1. The topological polar surface area (TPSA) is 75.3 Å². The molecule has 1 aliphatic rings. The van der Waals surface area contributed by atoms with Crippen molar-refractivity contribution in [1.29, 1.82) is 0 Å². The third-order valence-electron chi connectivity index (χ3n) is 4.90. The summed E-state index contributed by atoms with van der Waals surface area (Å²) in [6.07, 6.45) is 2.24. The summed E-state index contributed by atoms with van der Waals surface area (Å²) in [4.78, 5) is 34.8. The van der Waals surface area contributed by atoms with Crippen LogP contribution in [-0.4, -0.2) is 33.9 Å². The summed E-state index contributed by atoms with van der Waals surface area (Å²) in [5.41, 5.74) is 3.47. The minimum atomic E-state index is -0.282. The lowest BCUT2D eigenvalue weighted by molar-refractivity contribution is 0.0733. The Morgan fingerprint density at radius 1 is 1.26 bits per heavy atom. The summed E-state index contributed by atoms with van der Waals surface area (Å²) in [5.74, 6) is 0.543. The number of aryl methyl sites for hydroxylation is 1. The molecule has 3 heterocycles. The molecule has 0 spiro atoms. The summed E-state index contributed by atoms with van der Waals surface area (Å²) in [6.45, 7) is 5.46. The van der Waals surface area contributed by atoms with E-state index in [-0.39, 0.29) is 16.9 Å². The van der Waals surface area contributed by atoms with Gasteiger partial charge in [-0.05, 0) is 55.7 Å². The minimum absolute atomic E-state index is 0.151. The summed E-state index contributed by atoms with van der Waals surface area (Å²) < 4.78 is 5.56. The van der Waals surface area contributed by atoms with Crippen molar-refractivity contribution in [2.45, 2.75) is 26.8 Å². The third-order valence-corrected chi connectivity index (χ3v) is 4.90. The Balaban J connectivity index is 1.65. The zero-order valence-corrected chi connectivity index (χ0v) is 15.4. The molecule has 27 heavy (non-hydrogen) atoms. The van der Waals surface area contributed by atoms with Crippen LogP contribution in [0.3, 0.4) is 0 Å². The van der Waals surface area contributed by atoms with Gasteiger partial charge >= 0.3 is 0 Å². The zero-order chi connectivity index (χ0) is 19.0. The van der Waals surface area contributed by atoms with Gasteiger partial charge in [0.05, 0.1) is 12.0 Å². The smallest absolute Gasteiger partial charge is 0.259 e. The van der Waals surface area contributed by atoms with E-state index < -0.39 is 0 Å². The monoisotopic (exact) mass is 363 g/mol. The Kier molecular flexibility index (Phi) is 4.39. The van der Waals surface area contributed by atoms with Crippen molar-refractivity contribution < 1.29 is 9.53 Å². The van der Waals surface area contributed by atoms with Gasteiger partial charge in [0.2, 0.25) is 5.43 Å². The highest BCUT2D eigenvalue weighted by Crippen LogP contribution is 2.24. The highest BCUT2D eigenvalue weighted by atomic mass is 16.5. The third kappa shape index (κ3) is 3.18. The fourth-order valence-corrected chi connectivity index (χ4v) is 3.49. The largest absolute Gasteiger partial charge is 0.494 e. The molecular formula is C21H21N3O3. The van der Waals surface area contributed by atoms with Crippen molar-refractivity contribution >= 4 is 16.9 Å². The van der Waals surface area contributed by atoms with Crippen LogP contribution in [0.2, 0.25) is 0 Å². The molecule has 0 radical (unpaired) electrons. The Bertz CT molecular complexity index is 1090. The number of nitrogens with zero attached hydrogens (tertiary/aromatic N) is 2. The average Bonchev–Trinajstić information content (AvgIpc) is 2.67. The van der Waals surface area contributed by atoms with Crippen LogP contribution in [0.4, 0.5) is 0 Å². The van der Waals surface area contributed by atoms with E-state index in [1.54, 1.807) is 17.0 Å². The van der Waals surface area contributed by atoms with E-state index in [0.29, 0.717) is 30.7 Å². The Morgan fingerprint density at radius 3 is 2.93 bits per heavy atom. The molecule has 6 heteroatoms. The fourth-order valence-electron chi connectivity index (χ4n) is 3.49. The number of hydrogen-bond donors (Lipinski definition) is 1. The molecule has 0 aliphatic carbocycles. The van der Waals surface area contributed by atoms with Crippen molar-refractivity contribution in [3.05, 3.63) is 69.1 Å². The molecule has 1 aliphatic heterocycles. The maximum absolute atomic E-state index is 13.0. The quantitative estimate of drug-likeness (QED) is 0.776. The zero-order valence-electron chi connectivity index (χ0n) is 15.4. The minimum Gasteiger partial charge on any atom is -0.494 e. The molecule has 1 aromatic carbocycles. The lowest BCUT2D eigenvalue weighted by Crippen LogP contribution is -2.38. The lowest BCUT2D eigenvalue weighted by atomic mass is 9.99. The number of rotatable bonds is 3. The van der Waals surface area contributed by atoms with Gasteiger partial charge in [-0.3, -0.25) is 9.59 Å². The number of aromatic nitrogens is 2. The van der Waals surface area contributed by atoms with E-state index in [1.807, 2.05) is 26.0 Å². The number of benzene rings is 1. The predicted molar refractivity (Wildman–Crippen MR) is 103 cm³/mol. The van der Waals surface area contributed by atoms with Gasteiger partial charge in [-0.2, -0.15) is 0 Å². The second-order valence-corrected chi connectivity index (χ2v) is 6.72. The fraction of sp³-hybridized carbons (Fsp3) is 0.286. The first-order chi connectivity index (χ1) is 13.1. The summed E-state index contributed by atoms with van der Waals surface area (Å²) in [6, 6.07) is 9.49. The van der Waals surface area contributed by atoms with E-state index in [1.165, 1.54) is 11.8 Å². The molecule has 138 valence electrons. The normalized spacial score (nSPS) is 13.5. The lowest BCUT2D eigenvalue weighted by Gasteiger charge is -2.29. The van der Waals surface area contributed by atoms with E-state index in [4.69, 9.17) is 4.74 Å². The number of carbonyl (C=O) groups excluding carboxylic acids is 1. The Hall–Kier alpha value is -3.15. The van der Waals surface area contributed by atoms with Gasteiger partial charge in [-0.15, -0.1) is 0 Å². The van der Waals surface area contributed by atoms with Crippen LogP contribution in [0.5, 0.6) is 5.75 Å². The first kappa shape index (κ1) is 17.3. The van der Waals surface area contributed by atoms with Crippen LogP contribution in [0.25, 0.3) is 11.0 Å². The van der Waals surface area contributed by atoms with Gasteiger partial charge in [-0.25, -0.2) is 4.98 Å². The Morgan fingerprint density at radius 2 is 2.11 bits per heavy atom. The predicted octanol–water partition coefficient (Wildman–Crippen LogP) is 2.83. The average molecular weight is 363 g/mol. The van der Waals surface area contributed by atoms with E-state index in [0.717, 1.165) is 23.4 Å². The van der Waals surface area contributed by atoms with Gasteiger partial charge in [0.25, 0.3) is 5.91 Å². The number of hydrogen-bond acceptors (Lipinski definition) is 4. The molecule has 2 aromatic heterocycles. The maximum atomic E-state index is 13.0. The first-order valence-electron chi connectivity index (χ1n) is 9.09. The molecule has 4 rings (SSSR count). The van der Waals surface area contributed by atoms with E-state index >= 15 is 0 Å². The van der Waals surface area contributed by atoms with Crippen LogP contribution in [0.1, 0.15) is 34.1 Å². The van der Waals surface area contributed by atoms with Crippen LogP contribution >= 0.6 is 0 Å². The van der Waals surface area contributed by atoms with E-state index in [2.05, 4.69) is 16.0 Å². The molecule has 0 saturated carbocycles. The maximum Gasteiger partial charge on any atom is 0.259 e. The van der Waals surface area contributed by atoms with Crippen LogP contribution in [0, 0.1) is 6.92 Å². The highest BCUT2D eigenvalue weighted by Gasteiger charge is 2.24. The van der Waals surface area contributed by atoms with Crippen LogP contribution in [-0.2, 0) is 13.0 Å². The van der Waals surface area contributed by atoms with Crippen molar-refractivity contribution in [2.75, 3.05) is 13.2 Å². The molecular weight excluding hydrogens is 342 g/mol. The summed E-state index contributed by atoms with van der Waals surface area (Å²) in [5, 5.41) is 0.433. The summed E-state index contributed by atoms with van der Waals surface area (Å²) >= 11 is 0. The van der Waals surface area contributed by atoms with Gasteiger partial charge < -0.3 is 14.6 Å². The van der Waals surface area contributed by atoms with Crippen molar-refractivity contribution in [1.82, 2.24) is 14.9 Å². The SMILES string of the molecule is CCOc1ccc2c(c1)CN(C(=O)c1c[nH]c3nc(C)ccc3c1=O)CC2. The molecule has 0 saturated heterocycles. The highest BCUT2D eigenvalue weighted by molar-refractivity contribution is 5.96. The molecule has 0 fully saturated rings. The van der Waals surface area contributed by atoms with Gasteiger partial charge in [0.1, 0.15) is 17.0 Å². The number of aromatic amines is 1. The number of nitrogens with one attached hydrogen (secondary N) is 1. The number of H-pyrrole nitrogens is 1. The second-order valence-electron chi connectivity index (χ2n) is 6.72. The van der Waals surface area contributed by atoms with Crippen LogP contribution in [0.15, 0.2) is 41.3 Å². The van der Waals surface area contributed by atoms with Gasteiger partial charge in [0.15, 0.2) is 0 Å². The molecule has 3 aromatic rings. The Labute approximate surface area is 156 Å². The molecule has 1 N–H and O–H groups in total. The van der Waals surface area contributed by atoms with Gasteiger partial charge in [-0.1, -0.05) is 6.07 Å². The second kappa shape index (κ2) is 6.87. The molecule has 0 unspecified atom stereocenters. The number of fused-ring (bicyclic) bond motifs is 2. The van der Waals surface area contributed by atoms with Crippen molar-refractivity contribution in [2.24, 2.45) is 0 Å². The number of carbonyl (C=O) groups is 1. The molecule has 0 atom stereocenters.